The summed E-state index contributed by atoms with van der Waals surface area (Å²) in [6.07, 6.45) is 17.3. The van der Waals surface area contributed by atoms with Gasteiger partial charge < -0.3 is 46.5 Å². The number of amides is 1. The van der Waals surface area contributed by atoms with Gasteiger partial charge in [-0.25, -0.2) is 29.9 Å². The zero-order valence-corrected chi connectivity index (χ0v) is 58.1. The van der Waals surface area contributed by atoms with Crippen LogP contribution in [0.25, 0.3) is 33.8 Å². The molecule has 8 N–H and O–H groups in total. The number of fused-ring (bicyclic) bond motifs is 9. The average molecular weight is 1310 g/mol. The van der Waals surface area contributed by atoms with Crippen molar-refractivity contribution in [2.75, 3.05) is 51.7 Å². The first-order valence-corrected chi connectivity index (χ1v) is 35.6. The molecule has 3 aromatic carbocycles. The van der Waals surface area contributed by atoms with Crippen molar-refractivity contribution in [3.8, 4) is 33.8 Å². The largest absolute Gasteiger partial charge is 0.417 e. The van der Waals surface area contributed by atoms with Crippen LogP contribution in [0, 0.1) is 41.5 Å². The molecular formula is C72H83N15O4S2Si. The number of aromatic nitrogens is 9. The first-order chi connectivity index (χ1) is 45.0. The number of carbonyl (C=O) groups excluding carboxylic acids is 1. The molecule has 0 saturated carbocycles. The van der Waals surface area contributed by atoms with Crippen molar-refractivity contribution in [2.45, 2.75) is 138 Å². The summed E-state index contributed by atoms with van der Waals surface area (Å²) in [5.74, 6) is 1.45. The summed E-state index contributed by atoms with van der Waals surface area (Å²) in [4.78, 5) is 55.3. The molecule has 22 heteroatoms. The number of anilines is 9. The van der Waals surface area contributed by atoms with E-state index in [2.05, 4.69) is 152 Å². The summed E-state index contributed by atoms with van der Waals surface area (Å²) in [5.41, 5.74) is 22.9. The molecule has 0 fully saturated rings. The number of nitrogens with one attached hydrogen (secondary N) is 6. The molecule has 9 aromatic rings. The molecule has 0 spiro atoms. The quantitative estimate of drug-likeness (QED) is 0.0240. The van der Waals surface area contributed by atoms with E-state index in [1.807, 2.05) is 89.0 Å². The van der Waals surface area contributed by atoms with Crippen molar-refractivity contribution in [2.24, 2.45) is 0 Å². The van der Waals surface area contributed by atoms with Crippen LogP contribution < -0.4 is 31.9 Å². The summed E-state index contributed by atoms with van der Waals surface area (Å²) >= 11 is 11.0. The second kappa shape index (κ2) is 30.0. The lowest BCUT2D eigenvalue weighted by molar-refractivity contribution is -0.115. The van der Waals surface area contributed by atoms with Gasteiger partial charge in [0.2, 0.25) is 23.8 Å². The summed E-state index contributed by atoms with van der Waals surface area (Å²) in [6.45, 7) is 24.5. The van der Waals surface area contributed by atoms with Crippen molar-refractivity contribution in [1.29, 1.82) is 0 Å². The number of aliphatic hydroxyl groups excluding tert-OH is 2. The maximum absolute atomic E-state index is 12.3. The topological polar surface area (TPSA) is 255 Å². The summed E-state index contributed by atoms with van der Waals surface area (Å²) in [5, 5.41) is 38.0. The van der Waals surface area contributed by atoms with E-state index in [0.29, 0.717) is 43.5 Å². The summed E-state index contributed by atoms with van der Waals surface area (Å²) in [6, 6.07) is 24.7. The highest BCUT2D eigenvalue weighted by molar-refractivity contribution is 7.80. The first kappa shape index (κ1) is 68.0. The van der Waals surface area contributed by atoms with Crippen LogP contribution in [-0.2, 0) is 47.7 Å². The van der Waals surface area contributed by atoms with E-state index in [1.165, 1.54) is 11.1 Å². The van der Waals surface area contributed by atoms with Crippen LogP contribution in [0.3, 0.4) is 0 Å². The third kappa shape index (κ3) is 17.1. The zero-order chi connectivity index (χ0) is 66.8. The third-order valence-corrected chi connectivity index (χ3v) is 22.1. The summed E-state index contributed by atoms with van der Waals surface area (Å²) < 4.78 is 6.34. The van der Waals surface area contributed by atoms with E-state index in [-0.39, 0.29) is 30.6 Å². The van der Waals surface area contributed by atoms with Gasteiger partial charge in [-0.05, 0) is 168 Å². The Kier molecular flexibility index (Phi) is 21.7. The molecule has 3 aliphatic heterocycles. The molecule has 12 rings (SSSR count). The van der Waals surface area contributed by atoms with Gasteiger partial charge in [-0.3, -0.25) is 19.7 Å². The second-order valence-corrected chi connectivity index (χ2v) is 31.5. The maximum atomic E-state index is 12.3. The highest BCUT2D eigenvalue weighted by Gasteiger charge is 2.37. The molecule has 0 unspecified atom stereocenters. The Hall–Kier alpha value is -8.90. The van der Waals surface area contributed by atoms with Crippen molar-refractivity contribution >= 4 is 101 Å². The van der Waals surface area contributed by atoms with Gasteiger partial charge in [0.25, 0.3) is 0 Å². The molecule has 9 heterocycles. The van der Waals surface area contributed by atoms with E-state index in [0.717, 1.165) is 166 Å². The first-order valence-electron chi connectivity index (χ1n) is 31.8. The van der Waals surface area contributed by atoms with Crippen molar-refractivity contribution < 1.29 is 19.4 Å². The fraction of sp³-hybridized carbons (Fsp3) is 0.333. The van der Waals surface area contributed by atoms with Gasteiger partial charge in [0.05, 0.1) is 73.3 Å². The van der Waals surface area contributed by atoms with E-state index in [4.69, 9.17) is 54.0 Å². The number of hydrogen-bond acceptors (Lipinski definition) is 18. The molecule has 0 atom stereocenters. The molecule has 0 radical (unpaired) electrons. The van der Waals surface area contributed by atoms with E-state index < -0.39 is 8.32 Å². The molecule has 486 valence electrons. The predicted octanol–water partition coefficient (Wildman–Crippen LogP) is 14.6. The minimum absolute atomic E-state index is 0.0726. The molecule has 0 saturated heterocycles. The molecule has 1 amide bonds. The van der Waals surface area contributed by atoms with Crippen LogP contribution in [0.5, 0.6) is 0 Å². The van der Waals surface area contributed by atoms with Crippen molar-refractivity contribution in [3.05, 3.63) is 177 Å². The Bertz CT molecular complexity index is 4140. The minimum atomic E-state index is -1.72. The normalized spacial score (nSPS) is 12.9. The van der Waals surface area contributed by atoms with Crippen LogP contribution in [0.4, 0.5) is 52.0 Å². The van der Waals surface area contributed by atoms with Crippen LogP contribution in [0.2, 0.25) is 18.1 Å². The zero-order valence-electron chi connectivity index (χ0n) is 55.4. The molecule has 19 nitrogen and oxygen atoms in total. The minimum Gasteiger partial charge on any atom is -0.417 e. The number of thiocarbonyl (C=S) groups is 2. The predicted molar refractivity (Wildman–Crippen MR) is 388 cm³/mol. The average Bonchev–Trinajstić information content (AvgIpc) is 1.55. The number of hydrogen-bond donors (Lipinski definition) is 8. The lowest BCUT2D eigenvalue weighted by Gasteiger charge is -2.36. The van der Waals surface area contributed by atoms with Gasteiger partial charge in [-0.1, -0.05) is 81.6 Å². The van der Waals surface area contributed by atoms with Gasteiger partial charge in [0.1, 0.15) is 0 Å². The van der Waals surface area contributed by atoms with Gasteiger partial charge in [0, 0.05) is 115 Å². The van der Waals surface area contributed by atoms with Crippen LogP contribution in [0.1, 0.15) is 107 Å². The fourth-order valence-electron chi connectivity index (χ4n) is 10.8. The molecule has 94 heavy (non-hydrogen) atoms. The number of nitrogens with zero attached hydrogens (tertiary/aromatic N) is 9. The number of benzene rings is 3. The molecule has 0 bridgehead atoms. The molecular weight excluding hydrogens is 1230 g/mol. The van der Waals surface area contributed by atoms with E-state index in [1.54, 1.807) is 6.20 Å². The van der Waals surface area contributed by atoms with Crippen LogP contribution in [-0.4, -0.2) is 99.1 Å². The highest BCUT2D eigenvalue weighted by atomic mass is 32.1. The Morgan fingerprint density at radius 3 is 1.20 bits per heavy atom. The highest BCUT2D eigenvalue weighted by Crippen LogP contribution is 2.39. The van der Waals surface area contributed by atoms with Crippen LogP contribution >= 0.6 is 24.4 Å². The monoisotopic (exact) mass is 1310 g/mol. The number of aryl methyl sites for hydroxylation is 9. The summed E-state index contributed by atoms with van der Waals surface area (Å²) in [7, 11) is -1.72. The molecule has 3 aliphatic rings. The molecule has 0 aliphatic carbocycles. The Balaban J connectivity index is 0.000000155. The Labute approximate surface area is 562 Å². The van der Waals surface area contributed by atoms with Gasteiger partial charge in [0.15, 0.2) is 8.32 Å². The van der Waals surface area contributed by atoms with Crippen molar-refractivity contribution in [1.82, 2.24) is 44.9 Å². The van der Waals surface area contributed by atoms with E-state index >= 15 is 0 Å². The van der Waals surface area contributed by atoms with E-state index in [9.17, 15) is 4.79 Å². The van der Waals surface area contributed by atoms with Crippen molar-refractivity contribution in [3.63, 3.8) is 0 Å². The maximum Gasteiger partial charge on any atom is 0.228 e. The van der Waals surface area contributed by atoms with Gasteiger partial charge in [-0.15, -0.1) is 0 Å². The van der Waals surface area contributed by atoms with Gasteiger partial charge >= 0.3 is 0 Å². The second-order valence-electron chi connectivity index (χ2n) is 25.7. The van der Waals surface area contributed by atoms with Crippen LogP contribution in [0.15, 0.2) is 110 Å². The fourth-order valence-corrected chi connectivity index (χ4v) is 12.4. The lowest BCUT2D eigenvalue weighted by Crippen LogP contribution is -2.41. The van der Waals surface area contributed by atoms with Gasteiger partial charge in [-0.2, -0.15) is 0 Å². The third-order valence-electron chi connectivity index (χ3n) is 17.1. The Morgan fingerprint density at radius 1 is 0.489 bits per heavy atom. The lowest BCUT2D eigenvalue weighted by atomic mass is 10.0. The number of pyridine rings is 3. The Morgan fingerprint density at radius 2 is 0.840 bits per heavy atom. The number of carbonyl (C=O) groups is 1. The smallest absolute Gasteiger partial charge is 0.228 e. The number of rotatable bonds is 17. The standard InChI is InChI=1S/C28H37N5OSSi.C22H23N5O2.C22H23N5OS/c1-18-10-11-22-24(13-18)31-25(35)15-21-17-30-27(33-26(21)22)32-23-14-20(16-29-19(23)2)9-8-12-34-36(6,7)28(3,4)5;2*1-13-5-6-17-19(8-13)25-20(29)10-16-12-24-22(27-21(16)17)26-18-9-15(4-3-7-28)11-23-14(18)2/h10-11,13-14,16-17H,8-9,12,15H2,1-7H3,(H,31,35)(H,30,32,33);2*5-6,8-9,11-12,28H,3-4,7,10H2,1-2H3,(H,25,29)(H,24,26,27). The molecule has 6 aromatic heterocycles. The SMILES string of the molecule is Cc1ccc2c(c1)NC(=O)Cc1cnc(Nc3cc(CCCO)cnc3C)nc1-2.Cc1ccc2c(c1)NC(=S)Cc1cnc(Nc3cc(CCCO)cnc3C)nc1-2.Cc1ccc2c(c1)NC(=S)Cc1cnc(Nc3cc(CCCO[Si](C)(C)C(C)(C)C)cnc3C)nc1-2. The number of aliphatic hydroxyl groups is 2.